The lowest BCUT2D eigenvalue weighted by Gasteiger charge is -2.27. The number of nitrogens with zero attached hydrogens (tertiary/aromatic N) is 1. The minimum absolute atomic E-state index is 0.644. The standard InChI is InChI=1S/C16H32N2/c1-3-16(4-2)10-12-18(14-16)13-11-17-15-8-6-5-7-9-15/h15,17H,3-14H2,1-2H3. The molecule has 2 nitrogen and oxygen atoms in total. The smallest absolute Gasteiger partial charge is 0.0107 e. The second-order valence-corrected chi connectivity index (χ2v) is 6.52. The van der Waals surface area contributed by atoms with Crippen LogP contribution in [0.3, 0.4) is 0 Å². The summed E-state index contributed by atoms with van der Waals surface area (Å²) in [5, 5.41) is 3.77. The van der Waals surface area contributed by atoms with Gasteiger partial charge in [-0.05, 0) is 44.1 Å². The Bertz CT molecular complexity index is 229. The van der Waals surface area contributed by atoms with Crippen LogP contribution in [-0.4, -0.2) is 37.1 Å². The van der Waals surface area contributed by atoms with E-state index in [-0.39, 0.29) is 0 Å². The fraction of sp³-hybridized carbons (Fsp3) is 1.00. The van der Waals surface area contributed by atoms with Gasteiger partial charge < -0.3 is 10.2 Å². The highest BCUT2D eigenvalue weighted by atomic mass is 15.2. The average Bonchev–Trinajstić information content (AvgIpc) is 2.84. The predicted octanol–water partition coefficient (Wildman–Crippen LogP) is 3.42. The van der Waals surface area contributed by atoms with Gasteiger partial charge in [0.2, 0.25) is 0 Å². The molecule has 1 aliphatic carbocycles. The molecule has 0 aromatic heterocycles. The third-order valence-electron chi connectivity index (χ3n) is 5.48. The van der Waals surface area contributed by atoms with Crippen LogP contribution in [0.25, 0.3) is 0 Å². The third-order valence-corrected chi connectivity index (χ3v) is 5.48. The van der Waals surface area contributed by atoms with Crippen LogP contribution in [0.5, 0.6) is 0 Å². The lowest BCUT2D eigenvalue weighted by molar-refractivity contribution is 0.236. The molecule has 0 bridgehead atoms. The van der Waals surface area contributed by atoms with Gasteiger partial charge in [0.05, 0.1) is 0 Å². The van der Waals surface area contributed by atoms with Crippen LogP contribution in [0.15, 0.2) is 0 Å². The molecule has 0 atom stereocenters. The fourth-order valence-corrected chi connectivity index (χ4v) is 3.78. The maximum atomic E-state index is 3.77. The molecular weight excluding hydrogens is 220 g/mol. The molecule has 0 amide bonds. The molecule has 0 spiro atoms. The Morgan fingerprint density at radius 1 is 1.11 bits per heavy atom. The third kappa shape index (κ3) is 3.71. The second kappa shape index (κ2) is 6.91. The highest BCUT2D eigenvalue weighted by Gasteiger charge is 2.34. The minimum atomic E-state index is 0.644. The van der Waals surface area contributed by atoms with E-state index in [1.54, 1.807) is 0 Å². The van der Waals surface area contributed by atoms with Gasteiger partial charge >= 0.3 is 0 Å². The van der Waals surface area contributed by atoms with Gasteiger partial charge in [0, 0.05) is 25.7 Å². The van der Waals surface area contributed by atoms with Gasteiger partial charge in [0.15, 0.2) is 0 Å². The Labute approximate surface area is 114 Å². The highest BCUT2D eigenvalue weighted by Crippen LogP contribution is 2.36. The van der Waals surface area contributed by atoms with Crippen LogP contribution < -0.4 is 5.32 Å². The van der Waals surface area contributed by atoms with Crippen LogP contribution in [0.2, 0.25) is 0 Å². The van der Waals surface area contributed by atoms with Gasteiger partial charge in [-0.25, -0.2) is 0 Å². The average molecular weight is 252 g/mol. The lowest BCUT2D eigenvalue weighted by Crippen LogP contribution is -2.38. The van der Waals surface area contributed by atoms with Crippen molar-refractivity contribution in [3.05, 3.63) is 0 Å². The number of hydrogen-bond acceptors (Lipinski definition) is 2. The van der Waals surface area contributed by atoms with Gasteiger partial charge in [-0.15, -0.1) is 0 Å². The first-order valence-corrected chi connectivity index (χ1v) is 8.24. The predicted molar refractivity (Wildman–Crippen MR) is 78.9 cm³/mol. The summed E-state index contributed by atoms with van der Waals surface area (Å²) in [5.74, 6) is 0. The zero-order valence-corrected chi connectivity index (χ0v) is 12.5. The van der Waals surface area contributed by atoms with Crippen LogP contribution in [0.4, 0.5) is 0 Å². The van der Waals surface area contributed by atoms with E-state index in [0.717, 1.165) is 6.04 Å². The van der Waals surface area contributed by atoms with E-state index in [2.05, 4.69) is 24.1 Å². The molecule has 0 aromatic carbocycles. The van der Waals surface area contributed by atoms with Crippen molar-refractivity contribution in [2.75, 3.05) is 26.2 Å². The molecule has 0 aromatic rings. The van der Waals surface area contributed by atoms with Gasteiger partial charge in [0.25, 0.3) is 0 Å². The van der Waals surface area contributed by atoms with E-state index < -0.39 is 0 Å². The van der Waals surface area contributed by atoms with Crippen LogP contribution in [0, 0.1) is 5.41 Å². The molecule has 1 heterocycles. The van der Waals surface area contributed by atoms with Crippen molar-refractivity contribution >= 4 is 0 Å². The molecule has 18 heavy (non-hydrogen) atoms. The fourth-order valence-electron chi connectivity index (χ4n) is 3.78. The quantitative estimate of drug-likeness (QED) is 0.779. The number of nitrogens with one attached hydrogen (secondary N) is 1. The summed E-state index contributed by atoms with van der Waals surface area (Å²) in [4.78, 5) is 2.68. The van der Waals surface area contributed by atoms with Crippen molar-refractivity contribution in [3.8, 4) is 0 Å². The van der Waals surface area contributed by atoms with Crippen LogP contribution in [-0.2, 0) is 0 Å². The van der Waals surface area contributed by atoms with E-state index in [4.69, 9.17) is 0 Å². The Kier molecular flexibility index (Phi) is 5.50. The molecule has 2 aliphatic rings. The van der Waals surface area contributed by atoms with Crippen molar-refractivity contribution in [3.63, 3.8) is 0 Å². The molecule has 2 fully saturated rings. The van der Waals surface area contributed by atoms with E-state index in [0.29, 0.717) is 5.41 Å². The van der Waals surface area contributed by atoms with E-state index in [1.165, 1.54) is 77.5 Å². The molecular formula is C16H32N2. The lowest BCUT2D eigenvalue weighted by atomic mass is 9.82. The first-order valence-electron chi connectivity index (χ1n) is 8.24. The molecule has 1 saturated carbocycles. The highest BCUT2D eigenvalue weighted by molar-refractivity contribution is 4.88. The van der Waals surface area contributed by atoms with Crippen molar-refractivity contribution in [2.45, 2.75) is 71.3 Å². The summed E-state index contributed by atoms with van der Waals surface area (Å²) in [5.41, 5.74) is 0.644. The zero-order chi connectivity index (χ0) is 12.8. The zero-order valence-electron chi connectivity index (χ0n) is 12.5. The van der Waals surface area contributed by atoms with E-state index in [9.17, 15) is 0 Å². The molecule has 1 aliphatic heterocycles. The van der Waals surface area contributed by atoms with Gasteiger partial charge in [-0.2, -0.15) is 0 Å². The molecule has 1 saturated heterocycles. The number of rotatable bonds is 6. The van der Waals surface area contributed by atoms with Gasteiger partial charge in [-0.3, -0.25) is 0 Å². The summed E-state index contributed by atoms with van der Waals surface area (Å²) in [7, 11) is 0. The maximum Gasteiger partial charge on any atom is 0.0107 e. The monoisotopic (exact) mass is 252 g/mol. The first kappa shape index (κ1) is 14.3. The minimum Gasteiger partial charge on any atom is -0.313 e. The van der Waals surface area contributed by atoms with Gasteiger partial charge in [-0.1, -0.05) is 33.1 Å². The Morgan fingerprint density at radius 3 is 2.44 bits per heavy atom. The van der Waals surface area contributed by atoms with Crippen molar-refractivity contribution < 1.29 is 0 Å². The Morgan fingerprint density at radius 2 is 1.83 bits per heavy atom. The maximum absolute atomic E-state index is 3.77. The number of hydrogen-bond donors (Lipinski definition) is 1. The van der Waals surface area contributed by atoms with Crippen molar-refractivity contribution in [1.29, 1.82) is 0 Å². The summed E-state index contributed by atoms with van der Waals surface area (Å²) < 4.78 is 0. The Hall–Kier alpha value is -0.0800. The van der Waals surface area contributed by atoms with Crippen molar-refractivity contribution in [2.24, 2.45) is 5.41 Å². The Balaban J connectivity index is 1.62. The molecule has 0 unspecified atom stereocenters. The second-order valence-electron chi connectivity index (χ2n) is 6.52. The van der Waals surface area contributed by atoms with E-state index in [1.807, 2.05) is 0 Å². The summed E-state index contributed by atoms with van der Waals surface area (Å²) in [6, 6.07) is 0.823. The van der Waals surface area contributed by atoms with Crippen LogP contribution in [0.1, 0.15) is 65.2 Å². The topological polar surface area (TPSA) is 15.3 Å². The molecule has 1 N–H and O–H groups in total. The number of likely N-dealkylation sites (tertiary alicyclic amines) is 1. The van der Waals surface area contributed by atoms with E-state index >= 15 is 0 Å². The summed E-state index contributed by atoms with van der Waals surface area (Å²) in [6.07, 6.45) is 11.3. The normalized spacial score (nSPS) is 25.7. The van der Waals surface area contributed by atoms with Crippen LogP contribution >= 0.6 is 0 Å². The summed E-state index contributed by atoms with van der Waals surface area (Å²) in [6.45, 7) is 9.87. The molecule has 0 radical (unpaired) electrons. The SMILES string of the molecule is CCC1(CC)CCN(CCNC2CCCCC2)C1. The molecule has 2 heteroatoms. The first-order chi connectivity index (χ1) is 8.78. The molecule has 2 rings (SSSR count). The van der Waals surface area contributed by atoms with Gasteiger partial charge in [0.1, 0.15) is 0 Å². The molecule has 106 valence electrons. The largest absolute Gasteiger partial charge is 0.313 e. The van der Waals surface area contributed by atoms with Crippen molar-refractivity contribution in [1.82, 2.24) is 10.2 Å². The summed E-state index contributed by atoms with van der Waals surface area (Å²) >= 11 is 0.